The number of amides is 2. The molecule has 0 aliphatic carbocycles. The summed E-state index contributed by atoms with van der Waals surface area (Å²) in [5.74, 6) is 0. The van der Waals surface area contributed by atoms with Crippen LogP contribution in [0.3, 0.4) is 0 Å². The van der Waals surface area contributed by atoms with Gasteiger partial charge in [-0.15, -0.1) is 0 Å². The Hall–Kier alpha value is -1.75. The molecular formula is C22H36N4O. The van der Waals surface area contributed by atoms with Gasteiger partial charge in [-0.25, -0.2) is 4.79 Å². The zero-order valence-corrected chi connectivity index (χ0v) is 17.1. The SMILES string of the molecule is CCN(CC)C(=O)N1CCCCC1CCN1CCN(c2ccccc2)CC1. The van der Waals surface area contributed by atoms with E-state index in [0.717, 1.165) is 71.6 Å². The summed E-state index contributed by atoms with van der Waals surface area (Å²) in [6, 6.07) is 11.4. The van der Waals surface area contributed by atoms with E-state index in [1.165, 1.54) is 12.1 Å². The van der Waals surface area contributed by atoms with Gasteiger partial charge in [-0.1, -0.05) is 18.2 Å². The molecule has 0 bridgehead atoms. The van der Waals surface area contributed by atoms with Gasteiger partial charge in [-0.2, -0.15) is 0 Å². The molecule has 3 rings (SSSR count). The highest BCUT2D eigenvalue weighted by Gasteiger charge is 2.29. The Bertz CT molecular complexity index is 567. The van der Waals surface area contributed by atoms with E-state index in [0.29, 0.717) is 6.04 Å². The van der Waals surface area contributed by atoms with E-state index in [1.807, 2.05) is 4.90 Å². The first-order valence-corrected chi connectivity index (χ1v) is 10.8. The van der Waals surface area contributed by atoms with Crippen molar-refractivity contribution >= 4 is 11.7 Å². The van der Waals surface area contributed by atoms with Gasteiger partial charge < -0.3 is 14.7 Å². The van der Waals surface area contributed by atoms with Crippen molar-refractivity contribution in [3.63, 3.8) is 0 Å². The highest BCUT2D eigenvalue weighted by molar-refractivity contribution is 5.74. The van der Waals surface area contributed by atoms with Crippen molar-refractivity contribution in [3.8, 4) is 0 Å². The number of hydrogen-bond donors (Lipinski definition) is 0. The predicted molar refractivity (Wildman–Crippen MR) is 112 cm³/mol. The molecule has 2 aliphatic heterocycles. The number of urea groups is 1. The molecule has 1 atom stereocenters. The van der Waals surface area contributed by atoms with Crippen LogP contribution in [0.5, 0.6) is 0 Å². The molecule has 2 amide bonds. The average molecular weight is 373 g/mol. The van der Waals surface area contributed by atoms with Crippen molar-refractivity contribution in [1.82, 2.24) is 14.7 Å². The standard InChI is InChI=1S/C22H36N4O/c1-3-24(4-2)22(27)26-14-9-8-12-21(26)13-15-23-16-18-25(19-17-23)20-10-6-5-7-11-20/h5-7,10-11,21H,3-4,8-9,12-19H2,1-2H3. The van der Waals surface area contributed by atoms with E-state index in [1.54, 1.807) is 0 Å². The number of para-hydroxylation sites is 1. The maximum atomic E-state index is 12.9. The Kier molecular flexibility index (Phi) is 7.39. The Morgan fingerprint density at radius 3 is 2.37 bits per heavy atom. The molecule has 150 valence electrons. The number of nitrogens with zero attached hydrogens (tertiary/aromatic N) is 4. The number of hydrogen-bond acceptors (Lipinski definition) is 3. The third-order valence-corrected chi connectivity index (χ3v) is 6.18. The number of rotatable bonds is 6. The fraction of sp³-hybridized carbons (Fsp3) is 0.682. The first-order chi connectivity index (χ1) is 13.2. The molecule has 1 aromatic rings. The first-order valence-electron chi connectivity index (χ1n) is 10.8. The zero-order valence-electron chi connectivity index (χ0n) is 17.1. The molecule has 0 N–H and O–H groups in total. The van der Waals surface area contributed by atoms with Crippen LogP contribution in [0.2, 0.25) is 0 Å². The van der Waals surface area contributed by atoms with Crippen LogP contribution < -0.4 is 4.90 Å². The summed E-state index contributed by atoms with van der Waals surface area (Å²) in [5, 5.41) is 0. The molecule has 0 saturated carbocycles. The van der Waals surface area contributed by atoms with Crippen molar-refractivity contribution < 1.29 is 4.79 Å². The highest BCUT2D eigenvalue weighted by atomic mass is 16.2. The van der Waals surface area contributed by atoms with Gasteiger partial charge in [0.05, 0.1) is 0 Å². The Balaban J connectivity index is 1.48. The second-order valence-electron chi connectivity index (χ2n) is 7.75. The molecule has 0 spiro atoms. The van der Waals surface area contributed by atoms with E-state index in [-0.39, 0.29) is 6.03 Å². The summed E-state index contributed by atoms with van der Waals surface area (Å²) in [7, 11) is 0. The summed E-state index contributed by atoms with van der Waals surface area (Å²) in [6.45, 7) is 12.2. The lowest BCUT2D eigenvalue weighted by Crippen LogP contribution is -2.52. The van der Waals surface area contributed by atoms with Gasteiger partial charge in [-0.3, -0.25) is 4.90 Å². The van der Waals surface area contributed by atoms with Crippen molar-refractivity contribution in [2.45, 2.75) is 45.6 Å². The van der Waals surface area contributed by atoms with E-state index in [4.69, 9.17) is 0 Å². The smallest absolute Gasteiger partial charge is 0.320 e. The van der Waals surface area contributed by atoms with E-state index < -0.39 is 0 Å². The second kappa shape index (κ2) is 9.98. The van der Waals surface area contributed by atoms with Gasteiger partial charge in [0.1, 0.15) is 0 Å². The molecule has 1 unspecified atom stereocenters. The number of benzene rings is 1. The van der Waals surface area contributed by atoms with E-state index >= 15 is 0 Å². The fourth-order valence-electron chi connectivity index (χ4n) is 4.43. The van der Waals surface area contributed by atoms with Crippen LogP contribution >= 0.6 is 0 Å². The summed E-state index contributed by atoms with van der Waals surface area (Å²) < 4.78 is 0. The van der Waals surface area contributed by atoms with Gasteiger partial charge in [0.15, 0.2) is 0 Å². The maximum Gasteiger partial charge on any atom is 0.320 e. The lowest BCUT2D eigenvalue weighted by Gasteiger charge is -2.41. The quantitative estimate of drug-likeness (QED) is 0.765. The lowest BCUT2D eigenvalue weighted by molar-refractivity contribution is 0.108. The molecule has 5 heteroatoms. The maximum absolute atomic E-state index is 12.9. The molecule has 2 aliphatic rings. The minimum absolute atomic E-state index is 0.249. The number of carbonyl (C=O) groups excluding carboxylic acids is 1. The normalized spacial score (nSPS) is 21.3. The summed E-state index contributed by atoms with van der Waals surface area (Å²) in [5.41, 5.74) is 1.33. The largest absolute Gasteiger partial charge is 0.369 e. The summed E-state index contributed by atoms with van der Waals surface area (Å²) in [4.78, 5) is 22.0. The van der Waals surface area contributed by atoms with Gasteiger partial charge in [0.2, 0.25) is 0 Å². The lowest BCUT2D eigenvalue weighted by atomic mass is 9.99. The van der Waals surface area contributed by atoms with Crippen molar-refractivity contribution in [3.05, 3.63) is 30.3 Å². The zero-order chi connectivity index (χ0) is 19.1. The van der Waals surface area contributed by atoms with Crippen molar-refractivity contribution in [1.29, 1.82) is 0 Å². The monoisotopic (exact) mass is 372 g/mol. The van der Waals surface area contributed by atoms with Crippen molar-refractivity contribution in [2.75, 3.05) is 57.3 Å². The molecule has 27 heavy (non-hydrogen) atoms. The molecule has 2 heterocycles. The summed E-state index contributed by atoms with van der Waals surface area (Å²) >= 11 is 0. The van der Waals surface area contributed by atoms with Gasteiger partial charge in [0, 0.05) is 64.1 Å². The number of anilines is 1. The van der Waals surface area contributed by atoms with Crippen LogP contribution in [0.15, 0.2) is 30.3 Å². The number of piperazine rings is 1. The van der Waals surface area contributed by atoms with Crippen LogP contribution in [0.25, 0.3) is 0 Å². The first kappa shape index (κ1) is 20.0. The van der Waals surface area contributed by atoms with Crippen LogP contribution in [0.1, 0.15) is 39.5 Å². The number of likely N-dealkylation sites (tertiary alicyclic amines) is 1. The molecule has 2 fully saturated rings. The van der Waals surface area contributed by atoms with E-state index in [9.17, 15) is 4.79 Å². The Morgan fingerprint density at radius 1 is 1.00 bits per heavy atom. The second-order valence-corrected chi connectivity index (χ2v) is 7.75. The van der Waals surface area contributed by atoms with Gasteiger partial charge >= 0.3 is 6.03 Å². The van der Waals surface area contributed by atoms with Crippen LogP contribution in [0, 0.1) is 0 Å². The van der Waals surface area contributed by atoms with Gasteiger partial charge in [-0.05, 0) is 51.7 Å². The van der Waals surface area contributed by atoms with Crippen LogP contribution in [-0.2, 0) is 0 Å². The predicted octanol–water partition coefficient (Wildman–Crippen LogP) is 3.52. The molecule has 1 aromatic carbocycles. The minimum Gasteiger partial charge on any atom is -0.369 e. The van der Waals surface area contributed by atoms with Gasteiger partial charge in [0.25, 0.3) is 0 Å². The third-order valence-electron chi connectivity index (χ3n) is 6.18. The highest BCUT2D eigenvalue weighted by Crippen LogP contribution is 2.22. The molecule has 0 aromatic heterocycles. The Morgan fingerprint density at radius 2 is 1.70 bits per heavy atom. The number of piperidine rings is 1. The summed E-state index contributed by atoms with van der Waals surface area (Å²) in [6.07, 6.45) is 4.68. The van der Waals surface area contributed by atoms with Crippen LogP contribution in [0.4, 0.5) is 10.5 Å². The topological polar surface area (TPSA) is 30.0 Å². The van der Waals surface area contributed by atoms with Crippen molar-refractivity contribution in [2.24, 2.45) is 0 Å². The fourth-order valence-corrected chi connectivity index (χ4v) is 4.43. The molecular weight excluding hydrogens is 336 g/mol. The number of carbonyl (C=O) groups is 1. The molecule has 0 radical (unpaired) electrons. The molecule has 5 nitrogen and oxygen atoms in total. The minimum atomic E-state index is 0.249. The molecule has 2 saturated heterocycles. The average Bonchev–Trinajstić information content (AvgIpc) is 2.74. The van der Waals surface area contributed by atoms with E-state index in [2.05, 4.69) is 58.9 Å². The third kappa shape index (κ3) is 5.16. The Labute approximate surface area is 164 Å². The van der Waals surface area contributed by atoms with Crippen LogP contribution in [-0.4, -0.2) is 79.1 Å².